The number of fused-ring (bicyclic) bond motifs is 3. The summed E-state index contributed by atoms with van der Waals surface area (Å²) in [6.07, 6.45) is 14.8. The minimum absolute atomic E-state index is 0.0490. The molecule has 2 amide bonds. The van der Waals surface area contributed by atoms with E-state index in [1.165, 1.54) is 24.0 Å². The van der Waals surface area contributed by atoms with Crippen molar-refractivity contribution in [1.29, 1.82) is 0 Å². The van der Waals surface area contributed by atoms with Crippen LogP contribution in [0.15, 0.2) is 47.6 Å². The van der Waals surface area contributed by atoms with E-state index in [4.69, 9.17) is 4.99 Å². The smallest absolute Gasteiger partial charge is 0.270 e. The Morgan fingerprint density at radius 1 is 1.05 bits per heavy atom. The minimum Gasteiger partial charge on any atom is -0.310 e. The van der Waals surface area contributed by atoms with Gasteiger partial charge in [0, 0.05) is 18.3 Å². The predicted octanol–water partition coefficient (Wildman–Crippen LogP) is 5.46. The Kier molecular flexibility index (Phi) is 6.01. The average molecular weight is 497 g/mol. The fourth-order valence-electron chi connectivity index (χ4n) is 6.84. The van der Waals surface area contributed by atoms with E-state index < -0.39 is 5.41 Å². The van der Waals surface area contributed by atoms with E-state index in [1.807, 2.05) is 17.0 Å². The molecule has 0 radical (unpaired) electrons. The van der Waals surface area contributed by atoms with Crippen molar-refractivity contribution in [3.8, 4) is 0 Å². The Morgan fingerprint density at radius 3 is 2.62 bits per heavy atom. The highest BCUT2D eigenvalue weighted by molar-refractivity contribution is 6.40. The Labute approximate surface area is 219 Å². The lowest BCUT2D eigenvalue weighted by atomic mass is 9.79. The predicted molar refractivity (Wildman–Crippen MR) is 146 cm³/mol. The van der Waals surface area contributed by atoms with Gasteiger partial charge >= 0.3 is 0 Å². The first-order valence-corrected chi connectivity index (χ1v) is 13.9. The van der Waals surface area contributed by atoms with Gasteiger partial charge in [0.25, 0.3) is 5.91 Å². The zero-order valence-corrected chi connectivity index (χ0v) is 21.9. The average Bonchev–Trinajstić information content (AvgIpc) is 3.38. The van der Waals surface area contributed by atoms with E-state index in [9.17, 15) is 9.59 Å². The van der Waals surface area contributed by atoms with Gasteiger partial charge < -0.3 is 10.2 Å². The van der Waals surface area contributed by atoms with Gasteiger partial charge in [-0.1, -0.05) is 63.1 Å². The van der Waals surface area contributed by atoms with Crippen LogP contribution in [-0.2, 0) is 27.8 Å². The van der Waals surface area contributed by atoms with Crippen LogP contribution in [0.25, 0.3) is 6.08 Å². The molecule has 2 spiro atoms. The summed E-state index contributed by atoms with van der Waals surface area (Å²) in [7, 11) is 0. The van der Waals surface area contributed by atoms with Crippen molar-refractivity contribution < 1.29 is 9.59 Å². The first-order valence-electron chi connectivity index (χ1n) is 13.9. The molecular formula is C31H36N4O2. The maximum absolute atomic E-state index is 13.4. The van der Waals surface area contributed by atoms with Gasteiger partial charge in [0.2, 0.25) is 5.91 Å². The lowest BCUT2D eigenvalue weighted by Gasteiger charge is -2.35. The molecule has 192 valence electrons. The number of carbonyl (C=O) groups is 2. The molecule has 1 unspecified atom stereocenters. The maximum Gasteiger partial charge on any atom is 0.270 e. The third-order valence-electron chi connectivity index (χ3n) is 8.65. The minimum atomic E-state index is -0.549. The second-order valence-electron chi connectivity index (χ2n) is 11.7. The van der Waals surface area contributed by atoms with E-state index in [2.05, 4.69) is 54.5 Å². The van der Waals surface area contributed by atoms with Crippen LogP contribution in [0.1, 0.15) is 81.0 Å². The molecule has 1 fully saturated rings. The van der Waals surface area contributed by atoms with Crippen molar-refractivity contribution in [2.24, 2.45) is 10.9 Å². The topological polar surface area (TPSA) is 74.7 Å². The van der Waals surface area contributed by atoms with E-state index in [0.717, 1.165) is 48.9 Å². The largest absolute Gasteiger partial charge is 0.310 e. The molecule has 1 saturated carbocycles. The van der Waals surface area contributed by atoms with E-state index in [1.54, 1.807) is 6.20 Å². The molecule has 1 aromatic heterocycles. The fourth-order valence-corrected chi connectivity index (χ4v) is 6.84. The van der Waals surface area contributed by atoms with Gasteiger partial charge in [-0.2, -0.15) is 0 Å². The van der Waals surface area contributed by atoms with Crippen molar-refractivity contribution >= 4 is 29.4 Å². The maximum atomic E-state index is 13.4. The summed E-state index contributed by atoms with van der Waals surface area (Å²) >= 11 is 0. The molecular weight excluding hydrogens is 460 g/mol. The van der Waals surface area contributed by atoms with Gasteiger partial charge in [0.05, 0.1) is 5.41 Å². The Balaban J connectivity index is 1.21. The van der Waals surface area contributed by atoms with Crippen molar-refractivity contribution in [3.05, 3.63) is 64.9 Å². The van der Waals surface area contributed by atoms with E-state index >= 15 is 0 Å². The summed E-state index contributed by atoms with van der Waals surface area (Å²) < 4.78 is 0. The summed E-state index contributed by atoms with van der Waals surface area (Å²) in [4.78, 5) is 37.9. The SMILES string of the molecule is CC(C)CC1=NC2(CCCCCC2)N(CC=Cc2ccc3c(c2)CC2(C3)C(=O)Nc3ncccc32)C1=O. The van der Waals surface area contributed by atoms with Crippen LogP contribution in [0, 0.1) is 5.92 Å². The fraction of sp³-hybridized carbons (Fsp3) is 0.484. The van der Waals surface area contributed by atoms with E-state index in [0.29, 0.717) is 31.1 Å². The summed E-state index contributed by atoms with van der Waals surface area (Å²) in [5.74, 6) is 1.28. The van der Waals surface area contributed by atoms with Crippen LogP contribution in [0.5, 0.6) is 0 Å². The third kappa shape index (κ3) is 4.11. The van der Waals surface area contributed by atoms with Gasteiger partial charge in [-0.25, -0.2) is 4.98 Å². The first-order chi connectivity index (χ1) is 17.9. The van der Waals surface area contributed by atoms with Crippen LogP contribution in [0.4, 0.5) is 5.82 Å². The molecule has 1 atom stereocenters. The van der Waals surface area contributed by atoms with Crippen LogP contribution in [0.3, 0.4) is 0 Å². The van der Waals surface area contributed by atoms with Gasteiger partial charge in [0.1, 0.15) is 17.2 Å². The van der Waals surface area contributed by atoms with Crippen molar-refractivity contribution in [2.75, 3.05) is 11.9 Å². The molecule has 0 saturated heterocycles. The number of nitrogens with one attached hydrogen (secondary N) is 1. The van der Waals surface area contributed by atoms with Crippen molar-refractivity contribution in [2.45, 2.75) is 82.7 Å². The van der Waals surface area contributed by atoms with Crippen molar-refractivity contribution in [3.63, 3.8) is 0 Å². The van der Waals surface area contributed by atoms with Gasteiger partial charge in [0.15, 0.2) is 0 Å². The van der Waals surface area contributed by atoms with Crippen LogP contribution in [0.2, 0.25) is 0 Å². The Hall–Kier alpha value is -3.28. The van der Waals surface area contributed by atoms with Gasteiger partial charge in [-0.05, 0) is 73.6 Å². The highest BCUT2D eigenvalue weighted by Crippen LogP contribution is 2.46. The number of nitrogens with zero attached hydrogens (tertiary/aromatic N) is 3. The quantitative estimate of drug-likeness (QED) is 0.597. The lowest BCUT2D eigenvalue weighted by Crippen LogP contribution is -2.46. The number of aliphatic imine (C=N–C) groups is 1. The number of anilines is 1. The zero-order chi connectivity index (χ0) is 25.6. The Morgan fingerprint density at radius 2 is 1.84 bits per heavy atom. The van der Waals surface area contributed by atoms with E-state index in [-0.39, 0.29) is 17.5 Å². The number of aromatic nitrogens is 1. The highest BCUT2D eigenvalue weighted by Gasteiger charge is 2.51. The molecule has 2 aromatic rings. The Bertz CT molecular complexity index is 1300. The molecule has 4 aliphatic rings. The second kappa shape index (κ2) is 9.23. The standard InChI is InChI=1S/C31H36N4O2/c1-21(2)17-26-28(36)35(31(34-26)13-5-3-4-6-14-31)16-8-9-22-11-12-23-19-30(20-24(23)18-22)25-10-7-15-32-27(25)33-29(30)37/h7-12,15,18,21H,3-6,13-14,16-17,19-20H2,1-2H3,(H,32,33,37). The summed E-state index contributed by atoms with van der Waals surface area (Å²) in [5.41, 5.74) is 4.41. The lowest BCUT2D eigenvalue weighted by molar-refractivity contribution is -0.127. The molecule has 2 aliphatic heterocycles. The molecule has 2 aliphatic carbocycles. The van der Waals surface area contributed by atoms with Crippen LogP contribution in [-0.4, -0.2) is 39.6 Å². The van der Waals surface area contributed by atoms with Crippen LogP contribution >= 0.6 is 0 Å². The summed E-state index contributed by atoms with van der Waals surface area (Å²) in [5, 5.41) is 2.98. The van der Waals surface area contributed by atoms with Gasteiger partial charge in [-0.15, -0.1) is 0 Å². The molecule has 1 aromatic carbocycles. The molecule has 6 heteroatoms. The molecule has 6 rings (SSSR count). The second-order valence-corrected chi connectivity index (χ2v) is 11.7. The van der Waals surface area contributed by atoms with Gasteiger partial charge in [-0.3, -0.25) is 14.6 Å². The number of hydrogen-bond donors (Lipinski definition) is 1. The molecule has 37 heavy (non-hydrogen) atoms. The molecule has 3 heterocycles. The number of rotatable bonds is 5. The number of pyridine rings is 1. The highest BCUT2D eigenvalue weighted by atomic mass is 16.2. The number of hydrogen-bond acceptors (Lipinski definition) is 4. The number of benzene rings is 1. The molecule has 6 nitrogen and oxygen atoms in total. The van der Waals surface area contributed by atoms with Crippen LogP contribution < -0.4 is 5.32 Å². The zero-order valence-electron chi connectivity index (χ0n) is 21.9. The van der Waals surface area contributed by atoms with Crippen molar-refractivity contribution in [1.82, 2.24) is 9.88 Å². The first kappa shape index (κ1) is 24.1. The summed E-state index contributed by atoms with van der Waals surface area (Å²) in [6, 6.07) is 10.4. The number of carbonyl (C=O) groups excluding carboxylic acids is 2. The monoisotopic (exact) mass is 496 g/mol. The third-order valence-corrected chi connectivity index (χ3v) is 8.65. The molecule has 0 bridgehead atoms. The summed E-state index contributed by atoms with van der Waals surface area (Å²) in [6.45, 7) is 4.88. The number of amides is 2. The molecule has 1 N–H and O–H groups in total. The normalized spacial score (nSPS) is 24.2.